The van der Waals surface area contributed by atoms with Crippen molar-refractivity contribution in [2.24, 2.45) is 11.8 Å². The molecule has 0 aliphatic carbocycles. The Morgan fingerprint density at radius 3 is 2.32 bits per heavy atom. The van der Waals surface area contributed by atoms with Gasteiger partial charge in [-0.05, 0) is 64.7 Å². The molecule has 0 unspecified atom stereocenters. The van der Waals surface area contributed by atoms with Crippen LogP contribution in [0.5, 0.6) is 0 Å². The maximum atomic E-state index is 15.4. The number of hydrogen-bond acceptors (Lipinski definition) is 5. The first-order chi connectivity index (χ1) is 15.9. The van der Waals surface area contributed by atoms with Crippen LogP contribution >= 0.6 is 0 Å². The molecule has 186 valence electrons. The number of halogens is 3. The maximum Gasteiger partial charge on any atom is 0.340 e. The molecule has 0 aromatic heterocycles. The van der Waals surface area contributed by atoms with Crippen LogP contribution in [-0.4, -0.2) is 49.7 Å². The van der Waals surface area contributed by atoms with E-state index in [1.165, 1.54) is 12.1 Å². The number of alkyl halides is 2. The number of benzene rings is 1. The van der Waals surface area contributed by atoms with Crippen LogP contribution < -0.4 is 10.0 Å². The number of carbonyl (C=O) groups excluding carboxylic acids is 2. The van der Waals surface area contributed by atoms with Crippen molar-refractivity contribution in [1.82, 2.24) is 0 Å². The van der Waals surface area contributed by atoms with Crippen molar-refractivity contribution < 1.29 is 32.3 Å². The summed E-state index contributed by atoms with van der Waals surface area (Å²) in [4.78, 5) is 27.4. The lowest BCUT2D eigenvalue weighted by Crippen LogP contribution is -2.47. The zero-order valence-corrected chi connectivity index (χ0v) is 19.8. The van der Waals surface area contributed by atoms with Gasteiger partial charge in [0.25, 0.3) is 0 Å². The van der Waals surface area contributed by atoms with Gasteiger partial charge in [0.1, 0.15) is 5.60 Å². The normalized spacial score (nSPS) is 18.3. The minimum absolute atomic E-state index is 0.0599. The highest BCUT2D eigenvalue weighted by Crippen LogP contribution is 2.38. The van der Waals surface area contributed by atoms with Crippen LogP contribution in [0.3, 0.4) is 0 Å². The molecule has 2 saturated heterocycles. The van der Waals surface area contributed by atoms with Crippen molar-refractivity contribution in [2.45, 2.75) is 58.0 Å². The van der Waals surface area contributed by atoms with Gasteiger partial charge in [0, 0.05) is 43.8 Å². The van der Waals surface area contributed by atoms with Gasteiger partial charge in [0.15, 0.2) is 0 Å². The molecular formula is C25H31F3N2O4. The molecule has 1 aromatic rings. The average molecular weight is 481 g/mol. The summed E-state index contributed by atoms with van der Waals surface area (Å²) in [5, 5.41) is -0.605. The van der Waals surface area contributed by atoms with Crippen molar-refractivity contribution in [3.8, 4) is 12.3 Å². The molecular weight excluding hydrogens is 449 g/mol. The van der Waals surface area contributed by atoms with E-state index in [2.05, 4.69) is 5.92 Å². The Balaban J connectivity index is 1.94. The minimum atomic E-state index is -3.95. The molecule has 0 bridgehead atoms. The van der Waals surface area contributed by atoms with Crippen LogP contribution in [0.1, 0.15) is 56.8 Å². The molecule has 0 atom stereocenters. The lowest BCUT2D eigenvalue weighted by atomic mass is 9.92. The van der Waals surface area contributed by atoms with Crippen LogP contribution in [0.15, 0.2) is 18.2 Å². The van der Waals surface area contributed by atoms with Crippen LogP contribution in [0.4, 0.5) is 24.6 Å². The topological polar surface area (TPSA) is 59.1 Å². The first kappa shape index (κ1) is 25.9. The van der Waals surface area contributed by atoms with E-state index in [1.54, 1.807) is 26.8 Å². The number of amides is 1. The van der Waals surface area contributed by atoms with E-state index >= 15 is 4.48 Å². The van der Waals surface area contributed by atoms with Gasteiger partial charge < -0.3 is 14.4 Å². The second kappa shape index (κ2) is 10.3. The predicted molar refractivity (Wildman–Crippen MR) is 122 cm³/mol. The zero-order valence-electron chi connectivity index (χ0n) is 19.8. The molecule has 2 aliphatic heterocycles. The average Bonchev–Trinajstić information content (AvgIpc) is 2.82. The van der Waals surface area contributed by atoms with E-state index in [4.69, 9.17) is 15.9 Å². The van der Waals surface area contributed by atoms with Crippen LogP contribution in [-0.2, 0) is 14.3 Å². The number of anilines is 2. The Morgan fingerprint density at radius 1 is 1.15 bits per heavy atom. The summed E-state index contributed by atoms with van der Waals surface area (Å²) in [6, 6.07) is 4.14. The Hall–Kier alpha value is -2.73. The SMILES string of the molecule is C#CC1CCN(c2ccc(C(=O)OC(C)(C)C)c(N(F)C(=O)C(F)(F)C3CCOCC3)c2)CC1. The van der Waals surface area contributed by atoms with Crippen molar-refractivity contribution in [3.05, 3.63) is 23.8 Å². The van der Waals surface area contributed by atoms with E-state index in [1.807, 2.05) is 4.90 Å². The van der Waals surface area contributed by atoms with Crippen LogP contribution in [0.2, 0.25) is 0 Å². The summed E-state index contributed by atoms with van der Waals surface area (Å²) in [5.74, 6) is -5.36. The Kier molecular flexibility index (Phi) is 7.81. The number of esters is 1. The molecule has 0 spiro atoms. The third kappa shape index (κ3) is 5.84. The third-order valence-corrected chi connectivity index (χ3v) is 6.10. The van der Waals surface area contributed by atoms with Crippen molar-refractivity contribution >= 4 is 23.3 Å². The van der Waals surface area contributed by atoms with E-state index in [0.29, 0.717) is 18.8 Å². The summed E-state index contributed by atoms with van der Waals surface area (Å²) >= 11 is 0. The van der Waals surface area contributed by atoms with Gasteiger partial charge in [0.05, 0.1) is 11.3 Å². The number of ether oxygens (including phenoxy) is 2. The molecule has 0 saturated carbocycles. The van der Waals surface area contributed by atoms with E-state index in [-0.39, 0.29) is 37.5 Å². The number of hydrogen-bond donors (Lipinski definition) is 0. The largest absolute Gasteiger partial charge is 0.456 e. The van der Waals surface area contributed by atoms with Gasteiger partial charge in [-0.2, -0.15) is 8.78 Å². The summed E-state index contributed by atoms with van der Waals surface area (Å²) in [6.45, 7) is 6.21. The van der Waals surface area contributed by atoms with Gasteiger partial charge in [-0.3, -0.25) is 4.79 Å². The quantitative estimate of drug-likeness (QED) is 0.345. The van der Waals surface area contributed by atoms with Crippen molar-refractivity contribution in [3.63, 3.8) is 0 Å². The molecule has 3 rings (SSSR count). The fourth-order valence-corrected chi connectivity index (χ4v) is 4.16. The predicted octanol–water partition coefficient (Wildman–Crippen LogP) is 4.77. The van der Waals surface area contributed by atoms with Gasteiger partial charge in [-0.25, -0.2) is 4.79 Å². The molecule has 0 N–H and O–H groups in total. The molecule has 1 amide bonds. The van der Waals surface area contributed by atoms with Gasteiger partial charge in [-0.15, -0.1) is 17.5 Å². The molecule has 2 aliphatic rings. The van der Waals surface area contributed by atoms with E-state index in [0.717, 1.165) is 12.8 Å². The van der Waals surface area contributed by atoms with Crippen LogP contribution in [0, 0.1) is 24.2 Å². The van der Waals surface area contributed by atoms with Gasteiger partial charge in [0.2, 0.25) is 0 Å². The molecule has 34 heavy (non-hydrogen) atoms. The molecule has 2 heterocycles. The molecule has 9 heteroatoms. The minimum Gasteiger partial charge on any atom is -0.456 e. The second-order valence-corrected chi connectivity index (χ2v) is 9.73. The molecule has 1 aromatic carbocycles. The standard InChI is InChI=1S/C25H31F3N2O4/c1-5-17-8-12-29(13-9-17)19-6-7-20(22(31)34-24(2,3)4)21(16-19)30(28)23(32)25(26,27)18-10-14-33-15-11-18/h1,6-7,16-18H,8-15H2,2-4H3. The third-order valence-electron chi connectivity index (χ3n) is 6.10. The Labute approximate surface area is 198 Å². The van der Waals surface area contributed by atoms with Crippen LogP contribution in [0.25, 0.3) is 0 Å². The summed E-state index contributed by atoms with van der Waals surface area (Å²) in [5.41, 5.74) is -1.28. The molecule has 0 radical (unpaired) electrons. The fourth-order valence-electron chi connectivity index (χ4n) is 4.16. The van der Waals surface area contributed by atoms with Crippen molar-refractivity contribution in [2.75, 3.05) is 36.3 Å². The van der Waals surface area contributed by atoms with E-state index in [9.17, 15) is 18.4 Å². The van der Waals surface area contributed by atoms with Crippen molar-refractivity contribution in [1.29, 1.82) is 0 Å². The Morgan fingerprint density at radius 2 is 1.76 bits per heavy atom. The number of terminal acetylenes is 1. The zero-order chi connectivity index (χ0) is 25.1. The lowest BCUT2D eigenvalue weighted by Gasteiger charge is -2.33. The summed E-state index contributed by atoms with van der Waals surface area (Å²) < 4.78 is 55.7. The summed E-state index contributed by atoms with van der Waals surface area (Å²) in [6.07, 6.45) is 6.82. The molecule has 6 nitrogen and oxygen atoms in total. The van der Waals surface area contributed by atoms with Gasteiger partial charge >= 0.3 is 17.8 Å². The number of rotatable bonds is 5. The highest BCUT2D eigenvalue weighted by molar-refractivity contribution is 6.04. The number of carbonyl (C=O) groups is 2. The molecule has 2 fully saturated rings. The smallest absolute Gasteiger partial charge is 0.340 e. The summed E-state index contributed by atoms with van der Waals surface area (Å²) in [7, 11) is 0. The number of nitrogens with zero attached hydrogens (tertiary/aromatic N) is 2. The fraction of sp³-hybridized carbons (Fsp3) is 0.600. The first-order valence-corrected chi connectivity index (χ1v) is 11.5. The highest BCUT2D eigenvalue weighted by atomic mass is 19.3. The van der Waals surface area contributed by atoms with Gasteiger partial charge in [-0.1, -0.05) is 4.48 Å². The first-order valence-electron chi connectivity index (χ1n) is 11.5. The highest BCUT2D eigenvalue weighted by Gasteiger charge is 2.51. The Bertz CT molecular complexity index is 940. The maximum absolute atomic E-state index is 15.4. The van der Waals surface area contributed by atoms with E-state index < -0.39 is 40.1 Å². The monoisotopic (exact) mass is 480 g/mol. The number of piperidine rings is 1. The second-order valence-electron chi connectivity index (χ2n) is 9.73. The lowest BCUT2D eigenvalue weighted by molar-refractivity contribution is -0.159.